The predicted molar refractivity (Wildman–Crippen MR) is 62.6 cm³/mol. The van der Waals surface area contributed by atoms with Crippen LogP contribution in [0.3, 0.4) is 0 Å². The summed E-state index contributed by atoms with van der Waals surface area (Å²) in [4.78, 5) is 5.21. The van der Waals surface area contributed by atoms with Crippen molar-refractivity contribution < 1.29 is 4.74 Å². The lowest BCUT2D eigenvalue weighted by atomic mass is 10.2. The van der Waals surface area contributed by atoms with Crippen molar-refractivity contribution in [3.05, 3.63) is 28.0 Å². The van der Waals surface area contributed by atoms with E-state index in [1.54, 1.807) is 35.5 Å². The summed E-state index contributed by atoms with van der Waals surface area (Å²) in [6.45, 7) is 1.96. The molecule has 0 aliphatic carbocycles. The third-order valence-electron chi connectivity index (χ3n) is 2.41. The van der Waals surface area contributed by atoms with E-state index in [1.165, 1.54) is 0 Å². The molecule has 1 unspecified atom stereocenters. The van der Waals surface area contributed by atoms with Gasteiger partial charge < -0.3 is 10.5 Å². The molecule has 2 heterocycles. The van der Waals surface area contributed by atoms with Crippen molar-refractivity contribution in [2.24, 2.45) is 12.8 Å². The fourth-order valence-corrected chi connectivity index (χ4v) is 2.39. The van der Waals surface area contributed by atoms with Gasteiger partial charge in [-0.15, -0.1) is 11.3 Å². The maximum atomic E-state index is 6.18. The molecule has 16 heavy (non-hydrogen) atoms. The predicted octanol–water partition coefficient (Wildman–Crippen LogP) is 1.24. The minimum Gasteiger partial charge on any atom is -0.493 e. The summed E-state index contributed by atoms with van der Waals surface area (Å²) in [7, 11) is 3.47. The number of nitrogens with zero attached hydrogens (tertiary/aromatic N) is 3. The molecule has 6 heteroatoms. The van der Waals surface area contributed by atoms with E-state index in [1.807, 2.05) is 14.0 Å². The molecule has 0 amide bonds. The van der Waals surface area contributed by atoms with E-state index >= 15 is 0 Å². The quantitative estimate of drug-likeness (QED) is 0.873. The van der Waals surface area contributed by atoms with E-state index in [0.717, 1.165) is 15.6 Å². The molecule has 0 aromatic carbocycles. The minimum absolute atomic E-state index is 0.242. The van der Waals surface area contributed by atoms with Crippen LogP contribution in [0.15, 0.2) is 12.4 Å². The van der Waals surface area contributed by atoms with Crippen molar-refractivity contribution in [1.29, 1.82) is 0 Å². The zero-order chi connectivity index (χ0) is 11.7. The van der Waals surface area contributed by atoms with Crippen LogP contribution in [-0.2, 0) is 7.05 Å². The summed E-state index contributed by atoms with van der Waals surface area (Å²) >= 11 is 1.59. The Balaban J connectivity index is 2.40. The lowest BCUT2D eigenvalue weighted by molar-refractivity contribution is 0.406. The van der Waals surface area contributed by atoms with Gasteiger partial charge in [-0.2, -0.15) is 5.10 Å². The number of thiazole rings is 1. The Bertz CT molecular complexity index is 491. The van der Waals surface area contributed by atoms with Gasteiger partial charge in [-0.1, -0.05) is 0 Å². The molecule has 0 spiro atoms. The Morgan fingerprint density at radius 1 is 1.50 bits per heavy atom. The second-order valence-electron chi connectivity index (χ2n) is 3.48. The third-order valence-corrected chi connectivity index (χ3v) is 3.41. The second-order valence-corrected chi connectivity index (χ2v) is 4.75. The molecule has 1 atom stereocenters. The molecule has 0 fully saturated rings. The van der Waals surface area contributed by atoms with Gasteiger partial charge in [0.2, 0.25) is 0 Å². The Kier molecular flexibility index (Phi) is 2.93. The van der Waals surface area contributed by atoms with Crippen LogP contribution in [0.4, 0.5) is 0 Å². The number of aryl methyl sites for hydroxylation is 2. The molecular weight excluding hydrogens is 224 g/mol. The van der Waals surface area contributed by atoms with Gasteiger partial charge in [-0.05, 0) is 6.92 Å². The average Bonchev–Trinajstić information content (AvgIpc) is 2.83. The largest absolute Gasteiger partial charge is 0.493 e. The highest BCUT2D eigenvalue weighted by Gasteiger charge is 2.20. The Morgan fingerprint density at radius 2 is 2.25 bits per heavy atom. The van der Waals surface area contributed by atoms with Crippen molar-refractivity contribution in [3.8, 4) is 5.75 Å². The molecule has 0 saturated carbocycles. The molecule has 2 rings (SSSR count). The average molecular weight is 238 g/mol. The monoisotopic (exact) mass is 238 g/mol. The van der Waals surface area contributed by atoms with Crippen LogP contribution in [0.2, 0.25) is 0 Å². The zero-order valence-electron chi connectivity index (χ0n) is 9.47. The van der Waals surface area contributed by atoms with Gasteiger partial charge in [0.15, 0.2) is 5.75 Å². The van der Waals surface area contributed by atoms with Crippen molar-refractivity contribution in [1.82, 2.24) is 14.8 Å². The molecule has 0 aliphatic heterocycles. The van der Waals surface area contributed by atoms with Gasteiger partial charge in [0, 0.05) is 18.1 Å². The number of hydrogen-bond donors (Lipinski definition) is 1. The van der Waals surface area contributed by atoms with Gasteiger partial charge in [0.25, 0.3) is 0 Å². The summed E-state index contributed by atoms with van der Waals surface area (Å²) in [5.74, 6) is 0.709. The van der Waals surface area contributed by atoms with E-state index in [9.17, 15) is 0 Å². The first-order chi connectivity index (χ1) is 7.63. The topological polar surface area (TPSA) is 66.0 Å². The Hall–Kier alpha value is -1.40. The maximum Gasteiger partial charge on any atom is 0.161 e. The van der Waals surface area contributed by atoms with Crippen molar-refractivity contribution in [2.45, 2.75) is 13.0 Å². The van der Waals surface area contributed by atoms with E-state index in [0.29, 0.717) is 5.75 Å². The lowest BCUT2D eigenvalue weighted by Crippen LogP contribution is -2.15. The van der Waals surface area contributed by atoms with Gasteiger partial charge in [-0.25, -0.2) is 4.98 Å². The number of ether oxygens (including phenoxy) is 1. The fourth-order valence-electron chi connectivity index (χ4n) is 1.59. The van der Waals surface area contributed by atoms with Crippen LogP contribution in [-0.4, -0.2) is 21.9 Å². The third kappa shape index (κ3) is 1.81. The first kappa shape index (κ1) is 11.1. The highest BCUT2D eigenvalue weighted by Crippen LogP contribution is 2.30. The first-order valence-electron chi connectivity index (χ1n) is 4.87. The molecular formula is C10H14N4OS. The van der Waals surface area contributed by atoms with Crippen molar-refractivity contribution >= 4 is 11.3 Å². The maximum absolute atomic E-state index is 6.18. The standard InChI is InChI=1S/C10H14N4OS/c1-6-12-5-8(16-6)9(11)10-7(15-3)4-13-14(10)2/h4-5,9H,11H2,1-3H3. The molecule has 0 aliphatic rings. The van der Waals surface area contributed by atoms with E-state index < -0.39 is 0 Å². The number of aromatic nitrogens is 3. The molecule has 2 aromatic rings. The van der Waals surface area contributed by atoms with E-state index in [2.05, 4.69) is 10.1 Å². The second kappa shape index (κ2) is 4.23. The molecule has 5 nitrogen and oxygen atoms in total. The van der Waals surface area contributed by atoms with Crippen LogP contribution >= 0.6 is 11.3 Å². The molecule has 2 aromatic heterocycles. The molecule has 86 valence electrons. The minimum atomic E-state index is -0.242. The number of nitrogens with two attached hydrogens (primary N) is 1. The van der Waals surface area contributed by atoms with Crippen molar-refractivity contribution in [3.63, 3.8) is 0 Å². The highest BCUT2D eigenvalue weighted by molar-refractivity contribution is 7.11. The smallest absolute Gasteiger partial charge is 0.161 e. The SMILES string of the molecule is COc1cnn(C)c1C(N)c1cnc(C)s1. The number of hydrogen-bond acceptors (Lipinski definition) is 5. The summed E-state index contributed by atoms with van der Waals surface area (Å²) in [6, 6.07) is -0.242. The van der Waals surface area contributed by atoms with Crippen LogP contribution in [0.25, 0.3) is 0 Å². The molecule has 0 bridgehead atoms. The first-order valence-corrected chi connectivity index (χ1v) is 5.69. The summed E-state index contributed by atoms with van der Waals surface area (Å²) < 4.78 is 6.97. The summed E-state index contributed by atoms with van der Waals surface area (Å²) in [5, 5.41) is 5.14. The Labute approximate surface area is 97.9 Å². The molecule has 0 radical (unpaired) electrons. The van der Waals surface area contributed by atoms with Gasteiger partial charge in [0.1, 0.15) is 5.69 Å². The van der Waals surface area contributed by atoms with Crippen LogP contribution in [0, 0.1) is 6.92 Å². The van der Waals surface area contributed by atoms with Gasteiger partial charge in [0.05, 0.1) is 24.4 Å². The number of rotatable bonds is 3. The molecule has 2 N–H and O–H groups in total. The lowest BCUT2D eigenvalue weighted by Gasteiger charge is -2.11. The fraction of sp³-hybridized carbons (Fsp3) is 0.400. The van der Waals surface area contributed by atoms with Crippen LogP contribution in [0.5, 0.6) is 5.75 Å². The Morgan fingerprint density at radius 3 is 2.81 bits per heavy atom. The van der Waals surface area contributed by atoms with Crippen LogP contribution in [0.1, 0.15) is 21.6 Å². The van der Waals surface area contributed by atoms with E-state index in [4.69, 9.17) is 10.5 Å². The molecule has 0 saturated heterocycles. The zero-order valence-corrected chi connectivity index (χ0v) is 10.3. The van der Waals surface area contributed by atoms with Crippen molar-refractivity contribution in [2.75, 3.05) is 7.11 Å². The van der Waals surface area contributed by atoms with Gasteiger partial charge >= 0.3 is 0 Å². The highest BCUT2D eigenvalue weighted by atomic mass is 32.1. The normalized spacial score (nSPS) is 12.8. The van der Waals surface area contributed by atoms with Gasteiger partial charge in [-0.3, -0.25) is 4.68 Å². The van der Waals surface area contributed by atoms with Crippen LogP contribution < -0.4 is 10.5 Å². The van der Waals surface area contributed by atoms with E-state index in [-0.39, 0.29) is 6.04 Å². The summed E-state index contributed by atoms with van der Waals surface area (Å²) in [6.07, 6.45) is 3.47. The summed E-state index contributed by atoms with van der Waals surface area (Å²) in [5.41, 5.74) is 7.05. The number of methoxy groups -OCH3 is 1.